The van der Waals surface area contributed by atoms with Crippen molar-refractivity contribution < 1.29 is 14.0 Å². The highest BCUT2D eigenvalue weighted by Gasteiger charge is 2.16. The van der Waals surface area contributed by atoms with Crippen molar-refractivity contribution in [3.8, 4) is 23.5 Å². The number of aromatic nitrogens is 1. The maximum Gasteiger partial charge on any atom is 0.253 e. The van der Waals surface area contributed by atoms with Gasteiger partial charge < -0.3 is 16.4 Å². The minimum absolute atomic E-state index is 0.192. The second-order valence-electron chi connectivity index (χ2n) is 8.60. The summed E-state index contributed by atoms with van der Waals surface area (Å²) in [5, 5.41) is 6.23. The molecule has 2 aromatic carbocycles. The Hall–Kier alpha value is -4.96. The molecule has 0 spiro atoms. The third-order valence-electron chi connectivity index (χ3n) is 5.97. The summed E-state index contributed by atoms with van der Waals surface area (Å²) in [6.45, 7) is 7.77. The Morgan fingerprint density at radius 2 is 1.87 bits per heavy atom. The number of halogens is 1. The lowest BCUT2D eigenvalue weighted by Crippen LogP contribution is -2.29. The summed E-state index contributed by atoms with van der Waals surface area (Å²) < 4.78 is 13.3. The molecule has 3 aromatic rings. The highest BCUT2D eigenvalue weighted by molar-refractivity contribution is 5.97. The van der Waals surface area contributed by atoms with Crippen LogP contribution < -0.4 is 16.4 Å². The molecule has 4 N–H and O–H groups in total. The summed E-state index contributed by atoms with van der Waals surface area (Å²) >= 11 is 0. The number of nitrogens with zero attached hydrogens (tertiary/aromatic N) is 1. The maximum absolute atomic E-state index is 13.3. The second-order valence-corrected chi connectivity index (χ2v) is 8.60. The fourth-order valence-electron chi connectivity index (χ4n) is 3.66. The molecule has 1 aromatic heterocycles. The molecule has 0 saturated heterocycles. The smallest absolute Gasteiger partial charge is 0.253 e. The topological polar surface area (TPSA) is 97.1 Å². The Morgan fingerprint density at radius 3 is 2.47 bits per heavy atom. The maximum atomic E-state index is 13.3. The third-order valence-corrected chi connectivity index (χ3v) is 5.97. The first-order valence-electron chi connectivity index (χ1n) is 11.9. The molecule has 0 saturated carbocycles. The van der Waals surface area contributed by atoms with Gasteiger partial charge in [0.05, 0.1) is 17.2 Å². The van der Waals surface area contributed by atoms with Gasteiger partial charge >= 0.3 is 0 Å². The molecule has 0 aliphatic heterocycles. The van der Waals surface area contributed by atoms with E-state index in [9.17, 15) is 14.0 Å². The van der Waals surface area contributed by atoms with E-state index < -0.39 is 0 Å². The molecule has 192 valence electrons. The van der Waals surface area contributed by atoms with Gasteiger partial charge in [0.25, 0.3) is 5.91 Å². The Labute approximate surface area is 222 Å². The number of nitrogens with two attached hydrogens (primary N) is 1. The number of rotatable bonds is 10. The Bertz CT molecular complexity index is 1430. The first-order valence-corrected chi connectivity index (χ1v) is 11.9. The molecule has 1 atom stereocenters. The fourth-order valence-corrected chi connectivity index (χ4v) is 3.66. The summed E-state index contributed by atoms with van der Waals surface area (Å²) in [6, 6.07) is 15.0. The van der Waals surface area contributed by atoms with E-state index in [-0.39, 0.29) is 23.6 Å². The van der Waals surface area contributed by atoms with Gasteiger partial charge in [0, 0.05) is 29.6 Å². The number of benzene rings is 2. The lowest BCUT2D eigenvalue weighted by molar-refractivity contribution is -0.117. The van der Waals surface area contributed by atoms with Gasteiger partial charge in [-0.1, -0.05) is 55.0 Å². The highest BCUT2D eigenvalue weighted by Crippen LogP contribution is 2.22. The highest BCUT2D eigenvalue weighted by atomic mass is 19.1. The van der Waals surface area contributed by atoms with Gasteiger partial charge in [-0.2, -0.15) is 0 Å². The monoisotopic (exact) mass is 508 g/mol. The molecule has 7 heteroatoms. The van der Waals surface area contributed by atoms with Crippen LogP contribution in [0.4, 0.5) is 10.2 Å². The number of nitrogens with one attached hydrogen (secondary N) is 2. The average Bonchev–Trinajstić information content (AvgIpc) is 2.93. The van der Waals surface area contributed by atoms with Gasteiger partial charge in [0.15, 0.2) is 6.29 Å². The molecule has 6 nitrogen and oxygen atoms in total. The summed E-state index contributed by atoms with van der Waals surface area (Å²) in [4.78, 5) is 28.5. The van der Waals surface area contributed by atoms with E-state index in [1.165, 1.54) is 18.2 Å². The van der Waals surface area contributed by atoms with E-state index in [1.54, 1.807) is 37.4 Å². The standard InChI is InChI=1S/C31H29FN4O2/c1-5-22(6-2)15-29(31(38)36-20(3)24-11-13-28(32)14-12-24)21(4)34-17-23-7-9-25(10-8-23)26-16-27(19-37)30(33)35-18-26/h1,6-16,18-20,34H,2,17H2,3-4H3,(H2,33,35)(H,36,38)/b22-15-,29-21-/t20-/m0/s1. The number of anilines is 1. The summed E-state index contributed by atoms with van der Waals surface area (Å²) in [6.07, 6.45) is 11.0. The van der Waals surface area contributed by atoms with Gasteiger partial charge in [-0.15, -0.1) is 6.42 Å². The van der Waals surface area contributed by atoms with Gasteiger partial charge in [0.1, 0.15) is 11.6 Å². The molecule has 0 aliphatic rings. The van der Waals surface area contributed by atoms with E-state index in [1.807, 2.05) is 31.2 Å². The first-order chi connectivity index (χ1) is 18.2. The van der Waals surface area contributed by atoms with Crippen LogP contribution in [0.3, 0.4) is 0 Å². The van der Waals surface area contributed by atoms with Gasteiger partial charge in [0.2, 0.25) is 0 Å². The van der Waals surface area contributed by atoms with Crippen LogP contribution in [-0.2, 0) is 11.3 Å². The van der Waals surface area contributed by atoms with Crippen molar-refractivity contribution in [3.63, 3.8) is 0 Å². The Balaban J connectivity index is 1.78. The molecule has 0 aliphatic carbocycles. The molecule has 0 bridgehead atoms. The van der Waals surface area contributed by atoms with Gasteiger partial charge in [-0.3, -0.25) is 9.59 Å². The van der Waals surface area contributed by atoms with Crippen molar-refractivity contribution >= 4 is 18.0 Å². The number of hydrogen-bond donors (Lipinski definition) is 3. The van der Waals surface area contributed by atoms with Crippen molar-refractivity contribution in [2.75, 3.05) is 5.73 Å². The minimum atomic E-state index is -0.354. The number of amides is 1. The van der Waals surface area contributed by atoms with Crippen molar-refractivity contribution in [2.24, 2.45) is 0 Å². The zero-order chi connectivity index (χ0) is 27.7. The number of aldehydes is 1. The fraction of sp³-hybridized carbons (Fsp3) is 0.129. The molecule has 0 fully saturated rings. The second kappa shape index (κ2) is 12.8. The number of carbonyl (C=O) groups is 2. The lowest BCUT2D eigenvalue weighted by atomic mass is 10.0. The SMILES string of the molecule is C#C/C(C=C)=C/C(C(=O)N[C@@H](C)c1ccc(F)cc1)=C(\C)NCc1ccc(-c2cnc(N)c(C=O)c2)cc1. The molecule has 0 radical (unpaired) electrons. The summed E-state index contributed by atoms with van der Waals surface area (Å²) in [5.41, 5.74) is 10.9. The predicted octanol–water partition coefficient (Wildman–Crippen LogP) is 5.27. The van der Waals surface area contributed by atoms with E-state index in [2.05, 4.69) is 28.1 Å². The van der Waals surface area contributed by atoms with E-state index in [0.29, 0.717) is 35.2 Å². The molecule has 1 amide bonds. The normalized spacial score (nSPS) is 12.5. The molecular formula is C31H29FN4O2. The molecule has 3 rings (SSSR count). The number of carbonyl (C=O) groups excluding carboxylic acids is 2. The zero-order valence-electron chi connectivity index (χ0n) is 21.3. The van der Waals surface area contributed by atoms with Crippen LogP contribution in [-0.4, -0.2) is 17.2 Å². The molecule has 38 heavy (non-hydrogen) atoms. The van der Waals surface area contributed by atoms with Crippen LogP contribution in [0.5, 0.6) is 0 Å². The lowest BCUT2D eigenvalue weighted by Gasteiger charge is -2.17. The Kier molecular flexibility index (Phi) is 9.33. The quantitative estimate of drug-likeness (QED) is 0.150. The van der Waals surface area contributed by atoms with Crippen LogP contribution in [0, 0.1) is 18.2 Å². The van der Waals surface area contributed by atoms with E-state index >= 15 is 0 Å². The van der Waals surface area contributed by atoms with Crippen LogP contribution in [0.1, 0.15) is 41.4 Å². The summed E-state index contributed by atoms with van der Waals surface area (Å²) in [5.74, 6) is 2.03. The van der Waals surface area contributed by atoms with Gasteiger partial charge in [-0.05, 0) is 54.8 Å². The van der Waals surface area contributed by atoms with Crippen molar-refractivity contribution in [2.45, 2.75) is 26.4 Å². The van der Waals surface area contributed by atoms with Gasteiger partial charge in [-0.25, -0.2) is 9.37 Å². The number of allylic oxidation sites excluding steroid dienone is 3. The number of pyridine rings is 1. The predicted molar refractivity (Wildman–Crippen MR) is 149 cm³/mol. The van der Waals surface area contributed by atoms with Crippen LogP contribution in [0.2, 0.25) is 0 Å². The van der Waals surface area contributed by atoms with E-state index in [0.717, 1.165) is 22.3 Å². The molecule has 1 heterocycles. The van der Waals surface area contributed by atoms with Crippen LogP contribution in [0.15, 0.2) is 96.4 Å². The average molecular weight is 509 g/mol. The summed E-state index contributed by atoms with van der Waals surface area (Å²) in [7, 11) is 0. The van der Waals surface area contributed by atoms with Crippen LogP contribution >= 0.6 is 0 Å². The van der Waals surface area contributed by atoms with Crippen LogP contribution in [0.25, 0.3) is 11.1 Å². The van der Waals surface area contributed by atoms with Crippen molar-refractivity contribution in [1.29, 1.82) is 0 Å². The van der Waals surface area contributed by atoms with E-state index in [4.69, 9.17) is 12.2 Å². The number of terminal acetylenes is 1. The third kappa shape index (κ3) is 7.05. The number of nitrogen functional groups attached to an aromatic ring is 1. The minimum Gasteiger partial charge on any atom is -0.384 e. The largest absolute Gasteiger partial charge is 0.384 e. The number of hydrogen-bond acceptors (Lipinski definition) is 5. The first kappa shape index (κ1) is 27.6. The zero-order valence-corrected chi connectivity index (χ0v) is 21.3. The Morgan fingerprint density at radius 1 is 1.18 bits per heavy atom. The van der Waals surface area contributed by atoms with Crippen molar-refractivity contribution in [3.05, 3.63) is 119 Å². The van der Waals surface area contributed by atoms with Crippen molar-refractivity contribution in [1.82, 2.24) is 15.6 Å². The molecule has 0 unspecified atom stereocenters. The molecular weight excluding hydrogens is 479 g/mol.